The number of halogens is 1. The predicted molar refractivity (Wildman–Crippen MR) is 108 cm³/mol. The molecule has 118 valence electrons. The Morgan fingerprint density at radius 1 is 1.33 bits per heavy atom. The molecule has 0 aliphatic carbocycles. The molecule has 5 heteroatoms. The second-order valence-electron chi connectivity index (χ2n) is 4.41. The highest BCUT2D eigenvalue weighted by molar-refractivity contribution is 14.0. The molecule has 0 atom stereocenters. The van der Waals surface area contributed by atoms with Crippen molar-refractivity contribution < 1.29 is 0 Å². The van der Waals surface area contributed by atoms with Crippen LogP contribution in [0.2, 0.25) is 0 Å². The lowest BCUT2D eigenvalue weighted by molar-refractivity contribution is 1.08. The summed E-state index contributed by atoms with van der Waals surface area (Å²) in [6, 6.07) is 6.37. The van der Waals surface area contributed by atoms with Gasteiger partial charge in [0.1, 0.15) is 0 Å². The summed E-state index contributed by atoms with van der Waals surface area (Å²) >= 11 is 1.81. The molecule has 3 N–H and O–H groups in total. The number of nitrogens with two attached hydrogens (primary N) is 1. The Balaban J connectivity index is 0.00000400. The molecule has 3 nitrogen and oxygen atoms in total. The van der Waals surface area contributed by atoms with Crippen LogP contribution in [0.5, 0.6) is 0 Å². The van der Waals surface area contributed by atoms with Crippen molar-refractivity contribution >= 4 is 47.4 Å². The van der Waals surface area contributed by atoms with Crippen molar-refractivity contribution in [2.45, 2.75) is 26.7 Å². The van der Waals surface area contributed by atoms with Crippen molar-refractivity contribution in [3.8, 4) is 0 Å². The van der Waals surface area contributed by atoms with Crippen LogP contribution in [0.4, 0.5) is 5.69 Å². The van der Waals surface area contributed by atoms with Gasteiger partial charge in [0.2, 0.25) is 0 Å². The van der Waals surface area contributed by atoms with Gasteiger partial charge in [-0.15, -0.1) is 30.6 Å². The monoisotopic (exact) mass is 419 g/mol. The van der Waals surface area contributed by atoms with E-state index in [2.05, 4.69) is 48.9 Å². The van der Waals surface area contributed by atoms with E-state index in [4.69, 9.17) is 5.73 Å². The zero-order valence-electron chi connectivity index (χ0n) is 12.9. The molecule has 1 aromatic carbocycles. The molecule has 0 spiro atoms. The fraction of sp³-hybridized carbons (Fsp3) is 0.438. The van der Waals surface area contributed by atoms with E-state index in [9.17, 15) is 0 Å². The van der Waals surface area contributed by atoms with Crippen molar-refractivity contribution in [1.29, 1.82) is 0 Å². The molecule has 0 aliphatic heterocycles. The second-order valence-corrected chi connectivity index (χ2v) is 5.56. The molecule has 0 bridgehead atoms. The third-order valence-electron chi connectivity index (χ3n) is 3.01. The van der Waals surface area contributed by atoms with Gasteiger partial charge in [-0.2, -0.15) is 11.8 Å². The topological polar surface area (TPSA) is 50.4 Å². The number of aliphatic imine (C=N–C) groups is 1. The lowest BCUT2D eigenvalue weighted by atomic mass is 10.0. The number of guanidine groups is 1. The van der Waals surface area contributed by atoms with Gasteiger partial charge < -0.3 is 11.1 Å². The Kier molecular flexibility index (Phi) is 11.5. The zero-order chi connectivity index (χ0) is 14.8. The number of anilines is 1. The van der Waals surface area contributed by atoms with Gasteiger partial charge >= 0.3 is 0 Å². The number of thioether (sulfide) groups is 1. The summed E-state index contributed by atoms with van der Waals surface area (Å²) in [5.41, 5.74) is 9.66. The molecule has 0 amide bonds. The highest BCUT2D eigenvalue weighted by Gasteiger charge is 2.06. The number of rotatable bonds is 8. The summed E-state index contributed by atoms with van der Waals surface area (Å²) in [7, 11) is 0. The molecule has 0 fully saturated rings. The number of benzene rings is 1. The first-order chi connectivity index (χ1) is 9.72. The second kappa shape index (κ2) is 11.9. The van der Waals surface area contributed by atoms with E-state index in [0.717, 1.165) is 36.6 Å². The number of hydrogen-bond acceptors (Lipinski definition) is 2. The molecule has 0 saturated heterocycles. The van der Waals surface area contributed by atoms with Crippen molar-refractivity contribution in [3.05, 3.63) is 42.0 Å². The number of hydrogen-bond donors (Lipinski definition) is 2. The molecule has 1 rings (SSSR count). The average Bonchev–Trinajstić information content (AvgIpc) is 2.47. The summed E-state index contributed by atoms with van der Waals surface area (Å²) in [5, 5.41) is 3.27. The summed E-state index contributed by atoms with van der Waals surface area (Å²) in [6.45, 7) is 8.73. The van der Waals surface area contributed by atoms with Gasteiger partial charge in [0, 0.05) is 17.2 Å². The van der Waals surface area contributed by atoms with E-state index in [-0.39, 0.29) is 24.0 Å². The largest absolute Gasteiger partial charge is 0.370 e. The molecular formula is C16H26IN3S. The van der Waals surface area contributed by atoms with Gasteiger partial charge in [0.05, 0.1) is 6.54 Å². The van der Waals surface area contributed by atoms with E-state index in [1.54, 1.807) is 0 Å². The average molecular weight is 419 g/mol. The maximum Gasteiger partial charge on any atom is 0.193 e. The lowest BCUT2D eigenvalue weighted by Gasteiger charge is -2.14. The minimum Gasteiger partial charge on any atom is -0.370 e. The molecule has 0 saturated carbocycles. The van der Waals surface area contributed by atoms with Gasteiger partial charge in [-0.3, -0.25) is 4.99 Å². The maximum absolute atomic E-state index is 5.98. The highest BCUT2D eigenvalue weighted by atomic mass is 127. The minimum absolute atomic E-state index is 0. The number of aryl methyl sites for hydroxylation is 2. The van der Waals surface area contributed by atoms with Gasteiger partial charge in [0.25, 0.3) is 0 Å². The van der Waals surface area contributed by atoms with E-state index >= 15 is 0 Å². The number of nitrogens with one attached hydrogen (secondary N) is 1. The molecule has 21 heavy (non-hydrogen) atoms. The first-order valence-electron chi connectivity index (χ1n) is 7.09. The Labute approximate surface area is 149 Å². The van der Waals surface area contributed by atoms with Gasteiger partial charge in [-0.1, -0.05) is 38.1 Å². The van der Waals surface area contributed by atoms with Crippen LogP contribution >= 0.6 is 35.7 Å². The molecule has 1 aromatic rings. The predicted octanol–water partition coefficient (Wildman–Crippen LogP) is 4.08. The Hall–Kier alpha value is -0.690. The van der Waals surface area contributed by atoms with Crippen LogP contribution in [0.25, 0.3) is 0 Å². The van der Waals surface area contributed by atoms with E-state index in [1.807, 2.05) is 17.8 Å². The zero-order valence-corrected chi connectivity index (χ0v) is 16.0. The van der Waals surface area contributed by atoms with Crippen molar-refractivity contribution in [3.63, 3.8) is 0 Å². The number of nitrogens with zero attached hydrogens (tertiary/aromatic N) is 1. The Morgan fingerprint density at radius 2 is 1.95 bits per heavy atom. The minimum atomic E-state index is 0. The molecule has 0 aliphatic rings. The summed E-state index contributed by atoms with van der Waals surface area (Å²) < 4.78 is 0. The third-order valence-corrected chi connectivity index (χ3v) is 3.95. The van der Waals surface area contributed by atoms with Gasteiger partial charge in [0.15, 0.2) is 5.96 Å². The van der Waals surface area contributed by atoms with Crippen LogP contribution in [0.3, 0.4) is 0 Å². The molecular weight excluding hydrogens is 393 g/mol. The first kappa shape index (κ1) is 20.3. The smallest absolute Gasteiger partial charge is 0.193 e. The van der Waals surface area contributed by atoms with Crippen LogP contribution < -0.4 is 11.1 Å². The van der Waals surface area contributed by atoms with Crippen molar-refractivity contribution in [1.82, 2.24) is 0 Å². The van der Waals surface area contributed by atoms with Crippen LogP contribution in [-0.2, 0) is 12.8 Å². The highest BCUT2D eigenvalue weighted by Crippen LogP contribution is 2.22. The normalized spacial score (nSPS) is 10.9. The fourth-order valence-electron chi connectivity index (χ4n) is 1.97. The standard InChI is InChI=1S/C16H25N3S.HI/c1-4-11-20-12-10-18-16(17)19-15-13(5-2)8-7-9-14(15)6-3;/h4,7-9H,1,5-6,10-12H2,2-3H3,(H3,17,18,19);1H. The maximum atomic E-state index is 5.98. The summed E-state index contributed by atoms with van der Waals surface area (Å²) in [5.74, 6) is 2.42. The van der Waals surface area contributed by atoms with Crippen LogP contribution in [0.1, 0.15) is 25.0 Å². The lowest BCUT2D eigenvalue weighted by Crippen LogP contribution is -2.24. The summed E-state index contributed by atoms with van der Waals surface area (Å²) in [4.78, 5) is 4.37. The quantitative estimate of drug-likeness (QED) is 0.220. The third kappa shape index (κ3) is 7.22. The van der Waals surface area contributed by atoms with Crippen LogP contribution in [0, 0.1) is 0 Å². The SMILES string of the molecule is C=CCSCCN=C(N)Nc1c(CC)cccc1CC.I. The van der Waals surface area contributed by atoms with Crippen molar-refractivity contribution in [2.24, 2.45) is 10.7 Å². The molecule has 0 radical (unpaired) electrons. The van der Waals surface area contributed by atoms with E-state index in [1.165, 1.54) is 11.1 Å². The van der Waals surface area contributed by atoms with Gasteiger partial charge in [-0.05, 0) is 24.0 Å². The van der Waals surface area contributed by atoms with Crippen LogP contribution in [0.15, 0.2) is 35.8 Å². The van der Waals surface area contributed by atoms with Crippen LogP contribution in [-0.4, -0.2) is 24.0 Å². The van der Waals surface area contributed by atoms with E-state index in [0.29, 0.717) is 5.96 Å². The first-order valence-corrected chi connectivity index (χ1v) is 8.24. The molecule has 0 aromatic heterocycles. The molecule has 0 unspecified atom stereocenters. The fourth-order valence-corrected chi connectivity index (χ4v) is 2.52. The Morgan fingerprint density at radius 3 is 2.48 bits per heavy atom. The Bertz CT molecular complexity index is 439. The van der Waals surface area contributed by atoms with Crippen molar-refractivity contribution in [2.75, 3.05) is 23.4 Å². The summed E-state index contributed by atoms with van der Waals surface area (Å²) in [6.07, 6.45) is 3.87. The van der Waals surface area contributed by atoms with Gasteiger partial charge in [-0.25, -0.2) is 0 Å². The molecule has 0 heterocycles. The number of para-hydroxylation sites is 1. The van der Waals surface area contributed by atoms with E-state index < -0.39 is 0 Å².